The van der Waals surface area contributed by atoms with Gasteiger partial charge in [0, 0.05) is 28.8 Å². The van der Waals surface area contributed by atoms with Crippen molar-refractivity contribution in [2.24, 2.45) is 0 Å². The minimum absolute atomic E-state index is 0.388. The maximum atomic E-state index is 12.4. The lowest BCUT2D eigenvalue weighted by atomic mass is 10.2. The van der Waals surface area contributed by atoms with Gasteiger partial charge in [0.1, 0.15) is 5.75 Å². The van der Waals surface area contributed by atoms with E-state index >= 15 is 0 Å². The summed E-state index contributed by atoms with van der Waals surface area (Å²) in [5, 5.41) is 0. The minimum Gasteiger partial charge on any atom is -0.423 e. The molecule has 0 aliphatic rings. The molecule has 4 rings (SSSR count). The fraction of sp³-hybridized carbons (Fsp3) is 0. The summed E-state index contributed by atoms with van der Waals surface area (Å²) in [5.74, 6) is 0.0919. The molecule has 0 aliphatic heterocycles. The van der Waals surface area contributed by atoms with E-state index in [1.807, 2.05) is 91.0 Å². The SMILES string of the molecule is Nc1ccc(N(c2ccccc2)c2cccc(OC(=O)c3ccccc3)c2)cc1. The number of esters is 1. The Kier molecular flexibility index (Phi) is 5.25. The number of nitrogen functional groups attached to an aromatic ring is 1. The van der Waals surface area contributed by atoms with E-state index in [0.717, 1.165) is 17.1 Å². The van der Waals surface area contributed by atoms with Gasteiger partial charge in [0.15, 0.2) is 0 Å². The molecule has 4 aromatic rings. The lowest BCUT2D eigenvalue weighted by molar-refractivity contribution is 0.0735. The molecule has 0 bridgehead atoms. The van der Waals surface area contributed by atoms with Crippen LogP contribution in [-0.4, -0.2) is 5.97 Å². The number of nitrogens with zero attached hydrogens (tertiary/aromatic N) is 1. The molecule has 4 heteroatoms. The van der Waals surface area contributed by atoms with Crippen LogP contribution in [-0.2, 0) is 0 Å². The molecule has 4 nitrogen and oxygen atoms in total. The monoisotopic (exact) mass is 380 g/mol. The number of para-hydroxylation sites is 1. The number of carbonyl (C=O) groups is 1. The Labute approximate surface area is 169 Å². The minimum atomic E-state index is -0.388. The summed E-state index contributed by atoms with van der Waals surface area (Å²) in [4.78, 5) is 14.5. The molecule has 0 fully saturated rings. The first kappa shape index (κ1) is 18.3. The lowest BCUT2D eigenvalue weighted by Crippen LogP contribution is -2.11. The Morgan fingerprint density at radius 2 is 1.24 bits per heavy atom. The molecule has 0 aliphatic carbocycles. The van der Waals surface area contributed by atoms with Gasteiger partial charge in [0.25, 0.3) is 0 Å². The predicted octanol–water partition coefficient (Wildman–Crippen LogP) is 5.96. The van der Waals surface area contributed by atoms with Crippen LogP contribution in [0.3, 0.4) is 0 Å². The van der Waals surface area contributed by atoms with Crippen LogP contribution in [0.5, 0.6) is 5.75 Å². The highest BCUT2D eigenvalue weighted by Crippen LogP contribution is 2.36. The number of nitrogens with two attached hydrogens (primary N) is 1. The standard InChI is InChI=1S/C25H20N2O2/c26-20-14-16-22(17-15-20)27(21-10-5-2-6-11-21)23-12-7-13-24(18-23)29-25(28)19-8-3-1-4-9-19/h1-18H,26H2. The van der Waals surface area contributed by atoms with Gasteiger partial charge in [-0.25, -0.2) is 4.79 Å². The molecule has 142 valence electrons. The zero-order valence-corrected chi connectivity index (χ0v) is 15.7. The smallest absolute Gasteiger partial charge is 0.343 e. The average molecular weight is 380 g/mol. The highest BCUT2D eigenvalue weighted by atomic mass is 16.5. The van der Waals surface area contributed by atoms with Gasteiger partial charge in [0.2, 0.25) is 0 Å². The van der Waals surface area contributed by atoms with Crippen LogP contribution in [0.4, 0.5) is 22.7 Å². The molecule has 0 unspecified atom stereocenters. The fourth-order valence-corrected chi connectivity index (χ4v) is 3.07. The summed E-state index contributed by atoms with van der Waals surface area (Å²) in [6, 6.07) is 34.1. The molecular weight excluding hydrogens is 360 g/mol. The van der Waals surface area contributed by atoms with Crippen molar-refractivity contribution in [2.45, 2.75) is 0 Å². The van der Waals surface area contributed by atoms with Crippen LogP contribution >= 0.6 is 0 Å². The van der Waals surface area contributed by atoms with Gasteiger partial charge in [-0.2, -0.15) is 0 Å². The van der Waals surface area contributed by atoms with Crippen molar-refractivity contribution >= 4 is 28.7 Å². The third-order valence-corrected chi connectivity index (χ3v) is 4.46. The lowest BCUT2D eigenvalue weighted by Gasteiger charge is -2.25. The Hall–Kier alpha value is -4.05. The van der Waals surface area contributed by atoms with Crippen LogP contribution in [0.2, 0.25) is 0 Å². The van der Waals surface area contributed by atoms with Crippen molar-refractivity contribution in [2.75, 3.05) is 10.6 Å². The highest BCUT2D eigenvalue weighted by molar-refractivity contribution is 5.91. The summed E-state index contributed by atoms with van der Waals surface area (Å²) in [6.45, 7) is 0. The summed E-state index contributed by atoms with van der Waals surface area (Å²) >= 11 is 0. The average Bonchev–Trinajstić information content (AvgIpc) is 2.77. The molecule has 0 aromatic heterocycles. The molecule has 0 saturated heterocycles. The number of hydrogen-bond acceptors (Lipinski definition) is 4. The van der Waals surface area contributed by atoms with Gasteiger partial charge in [0.05, 0.1) is 5.56 Å². The topological polar surface area (TPSA) is 55.6 Å². The van der Waals surface area contributed by atoms with Gasteiger partial charge in [-0.05, 0) is 60.7 Å². The highest BCUT2D eigenvalue weighted by Gasteiger charge is 2.14. The molecule has 4 aromatic carbocycles. The first-order chi connectivity index (χ1) is 14.2. The normalized spacial score (nSPS) is 10.3. The van der Waals surface area contributed by atoms with Crippen molar-refractivity contribution in [3.63, 3.8) is 0 Å². The Balaban J connectivity index is 1.69. The first-order valence-corrected chi connectivity index (χ1v) is 9.29. The third-order valence-electron chi connectivity index (χ3n) is 4.46. The maximum Gasteiger partial charge on any atom is 0.343 e. The van der Waals surface area contributed by atoms with Crippen molar-refractivity contribution in [3.05, 3.63) is 115 Å². The number of ether oxygens (including phenoxy) is 1. The van der Waals surface area contributed by atoms with Crippen molar-refractivity contribution in [1.82, 2.24) is 0 Å². The van der Waals surface area contributed by atoms with Crippen LogP contribution in [0.1, 0.15) is 10.4 Å². The number of rotatable bonds is 5. The molecule has 0 amide bonds. The Morgan fingerprint density at radius 3 is 1.93 bits per heavy atom. The van der Waals surface area contributed by atoms with E-state index in [-0.39, 0.29) is 5.97 Å². The predicted molar refractivity (Wildman–Crippen MR) is 117 cm³/mol. The van der Waals surface area contributed by atoms with Crippen molar-refractivity contribution in [3.8, 4) is 5.75 Å². The summed E-state index contributed by atoms with van der Waals surface area (Å²) < 4.78 is 5.60. The molecule has 29 heavy (non-hydrogen) atoms. The number of benzene rings is 4. The van der Waals surface area contributed by atoms with Crippen LogP contribution in [0, 0.1) is 0 Å². The molecule has 0 atom stereocenters. The van der Waals surface area contributed by atoms with E-state index in [1.54, 1.807) is 18.2 Å². The van der Waals surface area contributed by atoms with Crippen molar-refractivity contribution in [1.29, 1.82) is 0 Å². The zero-order chi connectivity index (χ0) is 20.1. The second-order valence-electron chi connectivity index (χ2n) is 6.52. The van der Waals surface area contributed by atoms with Crippen LogP contribution in [0.15, 0.2) is 109 Å². The van der Waals surface area contributed by atoms with Gasteiger partial charge in [-0.15, -0.1) is 0 Å². The van der Waals surface area contributed by atoms with E-state index < -0.39 is 0 Å². The van der Waals surface area contributed by atoms with Crippen molar-refractivity contribution < 1.29 is 9.53 Å². The molecule has 0 spiro atoms. The molecule has 0 radical (unpaired) electrons. The second kappa shape index (κ2) is 8.31. The maximum absolute atomic E-state index is 12.4. The van der Waals surface area contributed by atoms with Gasteiger partial charge in [-0.1, -0.05) is 42.5 Å². The molecule has 2 N–H and O–H groups in total. The van der Waals surface area contributed by atoms with Gasteiger partial charge >= 0.3 is 5.97 Å². The number of carbonyl (C=O) groups excluding carboxylic acids is 1. The second-order valence-corrected chi connectivity index (χ2v) is 6.52. The fourth-order valence-electron chi connectivity index (χ4n) is 3.07. The van der Waals surface area contributed by atoms with Gasteiger partial charge in [-0.3, -0.25) is 0 Å². The zero-order valence-electron chi connectivity index (χ0n) is 15.7. The summed E-state index contributed by atoms with van der Waals surface area (Å²) in [7, 11) is 0. The Bertz CT molecular complexity index is 1090. The van der Waals surface area contributed by atoms with Crippen LogP contribution < -0.4 is 15.4 Å². The number of hydrogen-bond donors (Lipinski definition) is 1. The van der Waals surface area contributed by atoms with E-state index in [9.17, 15) is 4.79 Å². The summed E-state index contributed by atoms with van der Waals surface area (Å²) in [6.07, 6.45) is 0. The van der Waals surface area contributed by atoms with Crippen LogP contribution in [0.25, 0.3) is 0 Å². The van der Waals surface area contributed by atoms with E-state index in [4.69, 9.17) is 10.5 Å². The number of anilines is 4. The quantitative estimate of drug-likeness (QED) is 0.264. The first-order valence-electron chi connectivity index (χ1n) is 9.29. The van der Waals surface area contributed by atoms with Gasteiger partial charge < -0.3 is 15.4 Å². The third kappa shape index (κ3) is 4.28. The van der Waals surface area contributed by atoms with E-state index in [0.29, 0.717) is 17.0 Å². The van der Waals surface area contributed by atoms with E-state index in [2.05, 4.69) is 4.90 Å². The molecule has 0 saturated carbocycles. The summed E-state index contributed by atoms with van der Waals surface area (Å²) in [5.41, 5.74) is 9.89. The Morgan fingerprint density at radius 1 is 0.655 bits per heavy atom. The largest absolute Gasteiger partial charge is 0.423 e. The van der Waals surface area contributed by atoms with E-state index in [1.165, 1.54) is 0 Å². The molecule has 0 heterocycles. The molecular formula is C25H20N2O2.